The van der Waals surface area contributed by atoms with Gasteiger partial charge in [0.1, 0.15) is 7.05 Å². The molecular formula is C16H13N2+. The minimum absolute atomic E-state index is 1.19. The molecule has 2 aromatic heterocycles. The Bertz CT molecular complexity index is 887. The van der Waals surface area contributed by atoms with E-state index in [4.69, 9.17) is 0 Å². The topological polar surface area (TPSA) is 19.7 Å². The van der Waals surface area contributed by atoms with Crippen molar-refractivity contribution >= 4 is 32.6 Å². The number of aryl methyl sites for hydroxylation is 1. The second kappa shape index (κ2) is 3.33. The van der Waals surface area contributed by atoms with Gasteiger partial charge in [-0.05, 0) is 18.2 Å². The molecule has 2 heterocycles. The monoisotopic (exact) mass is 233 g/mol. The second-order valence-electron chi connectivity index (χ2n) is 4.72. The number of pyridine rings is 1. The van der Waals surface area contributed by atoms with Crippen LogP contribution in [0.1, 0.15) is 0 Å². The van der Waals surface area contributed by atoms with Crippen molar-refractivity contribution in [2.45, 2.75) is 0 Å². The highest BCUT2D eigenvalue weighted by molar-refractivity contribution is 6.14. The van der Waals surface area contributed by atoms with Gasteiger partial charge >= 0.3 is 0 Å². The van der Waals surface area contributed by atoms with E-state index in [0.29, 0.717) is 0 Å². The fraction of sp³-hybridized carbons (Fsp3) is 0.0625. The zero-order chi connectivity index (χ0) is 12.1. The molecule has 0 unspecified atom stereocenters. The third kappa shape index (κ3) is 1.15. The van der Waals surface area contributed by atoms with Crippen molar-refractivity contribution in [3.8, 4) is 0 Å². The highest BCUT2D eigenvalue weighted by Crippen LogP contribution is 2.28. The van der Waals surface area contributed by atoms with E-state index in [-0.39, 0.29) is 0 Å². The van der Waals surface area contributed by atoms with Crippen LogP contribution in [0.2, 0.25) is 0 Å². The molecule has 0 amide bonds. The van der Waals surface area contributed by atoms with Crippen LogP contribution in [0, 0.1) is 0 Å². The molecule has 0 fully saturated rings. The number of aromatic amines is 1. The van der Waals surface area contributed by atoms with Gasteiger partial charge in [-0.3, -0.25) is 0 Å². The lowest BCUT2D eigenvalue weighted by molar-refractivity contribution is -0.643. The summed E-state index contributed by atoms with van der Waals surface area (Å²) in [6, 6.07) is 15.0. The van der Waals surface area contributed by atoms with Crippen LogP contribution >= 0.6 is 0 Å². The molecule has 0 aliphatic rings. The van der Waals surface area contributed by atoms with Crippen molar-refractivity contribution in [3.63, 3.8) is 0 Å². The maximum atomic E-state index is 3.27. The average molecular weight is 233 g/mol. The number of rotatable bonds is 0. The lowest BCUT2D eigenvalue weighted by Gasteiger charge is -2.03. The Morgan fingerprint density at radius 1 is 0.833 bits per heavy atom. The minimum Gasteiger partial charge on any atom is -0.361 e. The van der Waals surface area contributed by atoms with Gasteiger partial charge in [-0.1, -0.05) is 18.2 Å². The molecule has 0 atom stereocenters. The van der Waals surface area contributed by atoms with E-state index in [1.165, 1.54) is 32.6 Å². The first-order chi connectivity index (χ1) is 8.84. The lowest BCUT2D eigenvalue weighted by Crippen LogP contribution is -2.28. The van der Waals surface area contributed by atoms with E-state index in [0.717, 1.165) is 0 Å². The fourth-order valence-electron chi connectivity index (χ4n) is 2.80. The Kier molecular flexibility index (Phi) is 1.78. The summed E-state index contributed by atoms with van der Waals surface area (Å²) < 4.78 is 2.20. The number of nitrogens with zero attached hydrogens (tertiary/aromatic N) is 1. The zero-order valence-electron chi connectivity index (χ0n) is 10.1. The van der Waals surface area contributed by atoms with Crippen LogP contribution in [-0.2, 0) is 7.05 Å². The molecule has 0 aliphatic carbocycles. The van der Waals surface area contributed by atoms with Crippen molar-refractivity contribution in [3.05, 3.63) is 54.9 Å². The lowest BCUT2D eigenvalue weighted by atomic mass is 10.0. The van der Waals surface area contributed by atoms with Gasteiger partial charge < -0.3 is 4.98 Å². The quantitative estimate of drug-likeness (QED) is 0.355. The number of hydrogen-bond donors (Lipinski definition) is 1. The highest BCUT2D eigenvalue weighted by Gasteiger charge is 2.11. The molecule has 0 radical (unpaired) electrons. The maximum Gasteiger partial charge on any atom is 0.212 e. The minimum atomic E-state index is 1.19. The van der Waals surface area contributed by atoms with E-state index < -0.39 is 0 Å². The Balaban J connectivity index is 2.36. The summed E-state index contributed by atoms with van der Waals surface area (Å²) in [7, 11) is 2.10. The van der Waals surface area contributed by atoms with E-state index in [2.05, 4.69) is 65.3 Å². The predicted molar refractivity (Wildman–Crippen MR) is 74.5 cm³/mol. The van der Waals surface area contributed by atoms with E-state index in [1.54, 1.807) is 0 Å². The summed E-state index contributed by atoms with van der Waals surface area (Å²) in [6.45, 7) is 0. The molecule has 18 heavy (non-hydrogen) atoms. The molecular weight excluding hydrogens is 220 g/mol. The van der Waals surface area contributed by atoms with Gasteiger partial charge in [-0.2, -0.15) is 0 Å². The molecule has 4 rings (SSSR count). The smallest absolute Gasteiger partial charge is 0.212 e. The van der Waals surface area contributed by atoms with Crippen molar-refractivity contribution in [2.24, 2.45) is 7.05 Å². The van der Waals surface area contributed by atoms with Crippen LogP contribution < -0.4 is 4.57 Å². The zero-order valence-corrected chi connectivity index (χ0v) is 10.1. The molecule has 0 spiro atoms. The summed E-state index contributed by atoms with van der Waals surface area (Å²) in [4.78, 5) is 3.27. The Hall–Kier alpha value is -2.35. The predicted octanol–water partition coefficient (Wildman–Crippen LogP) is 3.30. The molecule has 2 aromatic carbocycles. The maximum absolute atomic E-state index is 3.27. The largest absolute Gasteiger partial charge is 0.361 e. The van der Waals surface area contributed by atoms with Crippen LogP contribution in [0.3, 0.4) is 0 Å². The Morgan fingerprint density at radius 3 is 2.67 bits per heavy atom. The molecule has 4 aromatic rings. The molecule has 86 valence electrons. The number of aromatic nitrogens is 2. The molecule has 0 bridgehead atoms. The number of hydrogen-bond acceptors (Lipinski definition) is 0. The van der Waals surface area contributed by atoms with Crippen molar-refractivity contribution in [1.82, 2.24) is 4.98 Å². The molecule has 0 saturated carbocycles. The first-order valence-electron chi connectivity index (χ1n) is 6.12. The molecule has 2 heteroatoms. The first kappa shape index (κ1) is 9.66. The van der Waals surface area contributed by atoms with Gasteiger partial charge in [-0.25, -0.2) is 4.57 Å². The molecule has 2 nitrogen and oxygen atoms in total. The number of para-hydroxylation sites is 1. The average Bonchev–Trinajstić information content (AvgIpc) is 2.88. The van der Waals surface area contributed by atoms with Gasteiger partial charge in [0.2, 0.25) is 5.52 Å². The summed E-state index contributed by atoms with van der Waals surface area (Å²) in [5.74, 6) is 0. The SMILES string of the molecule is C[n+]1cc2c3cc[nH]c3ccc2c2ccccc21. The number of fused-ring (bicyclic) bond motifs is 5. The number of benzene rings is 2. The standard InChI is InChI=1S/C16H12N2/c1-18-10-14-11(13-4-2-3-5-16(13)18)6-7-15-12(14)8-9-17-15/h2-10H,1H3/p+1. The summed E-state index contributed by atoms with van der Waals surface area (Å²) >= 11 is 0. The van der Waals surface area contributed by atoms with Crippen LogP contribution in [-0.4, -0.2) is 4.98 Å². The number of nitrogens with one attached hydrogen (secondary N) is 1. The van der Waals surface area contributed by atoms with Gasteiger partial charge in [0.05, 0.1) is 10.8 Å². The van der Waals surface area contributed by atoms with Crippen LogP contribution in [0.25, 0.3) is 32.6 Å². The van der Waals surface area contributed by atoms with Crippen LogP contribution in [0.15, 0.2) is 54.9 Å². The number of H-pyrrole nitrogens is 1. The fourth-order valence-corrected chi connectivity index (χ4v) is 2.80. The van der Waals surface area contributed by atoms with E-state index in [1.807, 2.05) is 6.20 Å². The highest BCUT2D eigenvalue weighted by atomic mass is 14.9. The van der Waals surface area contributed by atoms with Gasteiger partial charge in [-0.15, -0.1) is 0 Å². The van der Waals surface area contributed by atoms with Gasteiger partial charge in [0.25, 0.3) is 0 Å². The molecule has 1 N–H and O–H groups in total. The normalized spacial score (nSPS) is 11.6. The van der Waals surface area contributed by atoms with Crippen molar-refractivity contribution < 1.29 is 4.57 Å². The third-order valence-corrected chi connectivity index (χ3v) is 3.67. The van der Waals surface area contributed by atoms with Crippen molar-refractivity contribution in [2.75, 3.05) is 0 Å². The Morgan fingerprint density at radius 2 is 1.72 bits per heavy atom. The van der Waals surface area contributed by atoms with Crippen LogP contribution in [0.4, 0.5) is 0 Å². The molecule has 0 aliphatic heterocycles. The second-order valence-corrected chi connectivity index (χ2v) is 4.72. The van der Waals surface area contributed by atoms with Gasteiger partial charge in [0.15, 0.2) is 6.20 Å². The third-order valence-electron chi connectivity index (χ3n) is 3.67. The van der Waals surface area contributed by atoms with E-state index >= 15 is 0 Å². The van der Waals surface area contributed by atoms with E-state index in [9.17, 15) is 0 Å². The summed E-state index contributed by atoms with van der Waals surface area (Å²) in [6.07, 6.45) is 4.22. The molecule has 0 saturated heterocycles. The van der Waals surface area contributed by atoms with Crippen molar-refractivity contribution in [1.29, 1.82) is 0 Å². The summed E-state index contributed by atoms with van der Waals surface area (Å²) in [5, 5.41) is 5.21. The van der Waals surface area contributed by atoms with Crippen LogP contribution in [0.5, 0.6) is 0 Å². The van der Waals surface area contributed by atoms with Gasteiger partial charge in [0, 0.05) is 28.6 Å². The Labute approximate surface area is 104 Å². The first-order valence-corrected chi connectivity index (χ1v) is 6.12. The summed E-state index contributed by atoms with van der Waals surface area (Å²) in [5.41, 5.74) is 2.46.